The molecule has 2 aliphatic rings. The number of hydrogen-bond donors (Lipinski definition) is 1. The first-order valence-corrected chi connectivity index (χ1v) is 8.82. The maximum atomic E-state index is 11.4. The van der Waals surface area contributed by atoms with E-state index in [1.807, 2.05) is 12.1 Å². The lowest BCUT2D eigenvalue weighted by atomic mass is 10.0. The summed E-state index contributed by atoms with van der Waals surface area (Å²) in [5.41, 5.74) is 2.58. The summed E-state index contributed by atoms with van der Waals surface area (Å²) in [5.74, 6) is 1.15. The van der Waals surface area contributed by atoms with Crippen LogP contribution in [0.25, 0.3) is 5.57 Å². The van der Waals surface area contributed by atoms with Gasteiger partial charge < -0.3 is 10.1 Å². The van der Waals surface area contributed by atoms with Crippen molar-refractivity contribution in [2.24, 2.45) is 0 Å². The van der Waals surface area contributed by atoms with E-state index >= 15 is 0 Å². The second kappa shape index (κ2) is 5.58. The van der Waals surface area contributed by atoms with E-state index in [2.05, 4.69) is 23.5 Å². The zero-order chi connectivity index (χ0) is 14.0. The van der Waals surface area contributed by atoms with Gasteiger partial charge in [-0.1, -0.05) is 18.2 Å². The molecule has 0 amide bonds. The van der Waals surface area contributed by atoms with E-state index in [0.717, 1.165) is 25.3 Å². The zero-order valence-electron chi connectivity index (χ0n) is 11.3. The molecule has 108 valence electrons. The van der Waals surface area contributed by atoms with Gasteiger partial charge in [0.15, 0.2) is 9.84 Å². The van der Waals surface area contributed by atoms with Gasteiger partial charge in [-0.25, -0.2) is 8.42 Å². The van der Waals surface area contributed by atoms with Gasteiger partial charge in [0.25, 0.3) is 0 Å². The minimum absolute atomic E-state index is 0.144. The average molecular weight is 293 g/mol. The number of rotatable bonds is 3. The molecule has 1 fully saturated rings. The second-order valence-electron chi connectivity index (χ2n) is 5.35. The van der Waals surface area contributed by atoms with Gasteiger partial charge in [0, 0.05) is 6.54 Å². The molecule has 0 aromatic heterocycles. The summed E-state index contributed by atoms with van der Waals surface area (Å²) >= 11 is 0. The Balaban J connectivity index is 1.66. The van der Waals surface area contributed by atoms with Crippen molar-refractivity contribution in [3.63, 3.8) is 0 Å². The van der Waals surface area contributed by atoms with Crippen LogP contribution in [-0.2, 0) is 9.84 Å². The highest BCUT2D eigenvalue weighted by atomic mass is 32.2. The largest absolute Gasteiger partial charge is 0.489 e. The summed E-state index contributed by atoms with van der Waals surface area (Å²) in [6.07, 6.45) is 3.66. The molecule has 0 saturated carbocycles. The lowest BCUT2D eigenvalue weighted by molar-refractivity contribution is 0.229. The number of nitrogens with one attached hydrogen (secondary N) is 1. The van der Waals surface area contributed by atoms with Crippen LogP contribution >= 0.6 is 0 Å². The number of benzene rings is 1. The summed E-state index contributed by atoms with van der Waals surface area (Å²) in [4.78, 5) is 0. The van der Waals surface area contributed by atoms with E-state index in [-0.39, 0.29) is 17.6 Å². The van der Waals surface area contributed by atoms with Crippen LogP contribution in [0, 0.1) is 0 Å². The molecule has 0 aliphatic carbocycles. The fourth-order valence-electron chi connectivity index (χ4n) is 2.68. The van der Waals surface area contributed by atoms with Crippen molar-refractivity contribution in [1.82, 2.24) is 5.32 Å². The second-order valence-corrected chi connectivity index (χ2v) is 7.58. The summed E-state index contributed by atoms with van der Waals surface area (Å²) in [7, 11) is -2.88. The van der Waals surface area contributed by atoms with Crippen molar-refractivity contribution in [3.05, 3.63) is 35.9 Å². The van der Waals surface area contributed by atoms with Crippen LogP contribution in [0.2, 0.25) is 0 Å². The first kappa shape index (κ1) is 13.6. The van der Waals surface area contributed by atoms with Gasteiger partial charge in [-0.05, 0) is 42.7 Å². The molecular weight excluding hydrogens is 274 g/mol. The third-order valence-electron chi connectivity index (χ3n) is 3.78. The standard InChI is InChI=1S/C15H19NO3S/c17-20(18)10-7-15(11-20)19-14-3-1-12(2-4-14)13-5-8-16-9-6-13/h1-5,15-16H,6-11H2. The first-order chi connectivity index (χ1) is 9.62. The Kier molecular flexibility index (Phi) is 3.81. The maximum absolute atomic E-state index is 11.4. The fourth-order valence-corrected chi connectivity index (χ4v) is 4.27. The van der Waals surface area contributed by atoms with Crippen molar-refractivity contribution < 1.29 is 13.2 Å². The Labute approximate surface area is 119 Å². The van der Waals surface area contributed by atoms with Crippen LogP contribution in [-0.4, -0.2) is 39.1 Å². The fraction of sp³-hybridized carbons (Fsp3) is 0.467. The Hall–Kier alpha value is -1.33. The van der Waals surface area contributed by atoms with Crippen LogP contribution < -0.4 is 10.1 Å². The Morgan fingerprint density at radius 2 is 2.00 bits per heavy atom. The van der Waals surface area contributed by atoms with Gasteiger partial charge in [0.1, 0.15) is 11.9 Å². The van der Waals surface area contributed by atoms with Crippen molar-refractivity contribution in [2.75, 3.05) is 24.6 Å². The smallest absolute Gasteiger partial charge is 0.154 e. The van der Waals surface area contributed by atoms with Crippen molar-refractivity contribution >= 4 is 15.4 Å². The molecule has 1 N–H and O–H groups in total. The molecule has 3 rings (SSSR count). The van der Waals surface area contributed by atoms with E-state index < -0.39 is 9.84 Å². The third-order valence-corrected chi connectivity index (χ3v) is 5.52. The molecule has 2 aliphatic heterocycles. The Morgan fingerprint density at radius 3 is 2.60 bits per heavy atom. The predicted molar refractivity (Wildman–Crippen MR) is 79.6 cm³/mol. The molecule has 0 radical (unpaired) electrons. The number of hydrogen-bond acceptors (Lipinski definition) is 4. The molecule has 1 aromatic rings. The number of ether oxygens (including phenoxy) is 1. The van der Waals surface area contributed by atoms with Crippen LogP contribution in [0.15, 0.2) is 30.3 Å². The zero-order valence-corrected chi connectivity index (χ0v) is 12.2. The highest BCUT2D eigenvalue weighted by Gasteiger charge is 2.29. The summed E-state index contributed by atoms with van der Waals surface area (Å²) in [6, 6.07) is 7.97. The van der Waals surface area contributed by atoms with Crippen molar-refractivity contribution in [2.45, 2.75) is 18.9 Å². The third kappa shape index (κ3) is 3.22. The lowest BCUT2D eigenvalue weighted by Gasteiger charge is -2.16. The van der Waals surface area contributed by atoms with Gasteiger partial charge in [-0.15, -0.1) is 0 Å². The molecule has 1 saturated heterocycles. The van der Waals surface area contributed by atoms with E-state index in [0.29, 0.717) is 6.42 Å². The highest BCUT2D eigenvalue weighted by Crippen LogP contribution is 2.24. The van der Waals surface area contributed by atoms with Crippen LogP contribution in [0.4, 0.5) is 0 Å². The van der Waals surface area contributed by atoms with Gasteiger partial charge in [0.05, 0.1) is 11.5 Å². The first-order valence-electron chi connectivity index (χ1n) is 7.00. The molecule has 4 nitrogen and oxygen atoms in total. The van der Waals surface area contributed by atoms with E-state index in [9.17, 15) is 8.42 Å². The molecule has 5 heteroatoms. The molecule has 0 spiro atoms. The average Bonchev–Trinajstić information content (AvgIpc) is 2.80. The molecule has 0 bridgehead atoms. The van der Waals surface area contributed by atoms with Crippen LogP contribution in [0.3, 0.4) is 0 Å². The Bertz CT molecular complexity index is 605. The van der Waals surface area contributed by atoms with Gasteiger partial charge in [-0.2, -0.15) is 0 Å². The van der Waals surface area contributed by atoms with Crippen molar-refractivity contribution in [1.29, 1.82) is 0 Å². The minimum atomic E-state index is -2.88. The van der Waals surface area contributed by atoms with Gasteiger partial charge in [-0.3, -0.25) is 0 Å². The molecule has 1 atom stereocenters. The highest BCUT2D eigenvalue weighted by molar-refractivity contribution is 7.91. The minimum Gasteiger partial charge on any atom is -0.489 e. The van der Waals surface area contributed by atoms with E-state index in [4.69, 9.17) is 4.74 Å². The maximum Gasteiger partial charge on any atom is 0.154 e. The molecule has 2 heterocycles. The quantitative estimate of drug-likeness (QED) is 0.920. The van der Waals surface area contributed by atoms with Crippen molar-refractivity contribution in [3.8, 4) is 5.75 Å². The molecule has 1 aromatic carbocycles. The summed E-state index contributed by atoms with van der Waals surface area (Å²) in [6.45, 7) is 1.94. The Morgan fingerprint density at radius 1 is 1.20 bits per heavy atom. The normalized spacial score (nSPS) is 25.2. The molecule has 1 unspecified atom stereocenters. The lowest BCUT2D eigenvalue weighted by Crippen LogP contribution is -2.20. The summed E-state index contributed by atoms with van der Waals surface area (Å²) in [5, 5.41) is 3.29. The van der Waals surface area contributed by atoms with E-state index in [1.165, 1.54) is 11.1 Å². The van der Waals surface area contributed by atoms with Gasteiger partial charge >= 0.3 is 0 Å². The SMILES string of the molecule is O=S1(=O)CCC(Oc2ccc(C3=CCNCC3)cc2)C1. The van der Waals surface area contributed by atoms with Gasteiger partial charge in [0.2, 0.25) is 0 Å². The monoisotopic (exact) mass is 293 g/mol. The van der Waals surface area contributed by atoms with E-state index in [1.54, 1.807) is 0 Å². The molecular formula is C15H19NO3S. The van der Waals surface area contributed by atoms with Crippen LogP contribution in [0.5, 0.6) is 5.75 Å². The summed E-state index contributed by atoms with van der Waals surface area (Å²) < 4.78 is 28.5. The predicted octanol–water partition coefficient (Wildman–Crippen LogP) is 1.63. The topological polar surface area (TPSA) is 55.4 Å². The van der Waals surface area contributed by atoms with Crippen LogP contribution in [0.1, 0.15) is 18.4 Å². The number of sulfone groups is 1. The molecule has 20 heavy (non-hydrogen) atoms.